The lowest BCUT2D eigenvalue weighted by Gasteiger charge is -2.29. The Kier molecular flexibility index (Phi) is 43.4. The number of thioether (sulfide) groups is 1. The molecule has 3 rings (SSSR count). The Morgan fingerprint density at radius 1 is 0.469 bits per heavy atom. The number of rotatable bonds is 51. The summed E-state index contributed by atoms with van der Waals surface area (Å²) in [5.74, 6) is -18.5. The number of carbonyl (C=O) groups is 16. The fourth-order valence-corrected chi connectivity index (χ4v) is 11.7. The van der Waals surface area contributed by atoms with Gasteiger partial charge in [-0.25, -0.2) is 9.78 Å². The average molecular weight is 1660 g/mol. The smallest absolute Gasteiger partial charge is 0.327 e. The Bertz CT molecular complexity index is 3690. The second-order valence-electron chi connectivity index (χ2n) is 26.5. The summed E-state index contributed by atoms with van der Waals surface area (Å²) in [6.45, 7) is 4.25. The van der Waals surface area contributed by atoms with Crippen molar-refractivity contribution in [3.8, 4) is 5.75 Å². The zero-order chi connectivity index (χ0) is 84.8. The molecule has 0 fully saturated rings. The van der Waals surface area contributed by atoms with E-state index in [1.54, 1.807) is 30.3 Å². The molecule has 44 heteroatoms. The number of carbonyl (C=O) groups excluding carboxylic acids is 15. The molecule has 0 saturated carbocycles. The normalized spacial score (nSPS) is 15.4. The SMILES string of the molecule is CSCC[C@H](N)C(=O)N[C@@H](Cc1ccccc1)C(=O)N[C@@H](CO)C(=O)N[C@@H](Cc1ccc(O)cc1)C(=O)N[C@@H](CS)C(=O)N[C@@H](Cc1cnc[nH]1)C(=O)N[C@@H](CCCCN)C(=O)N[C@@H](CO)C(=O)N[C@H](C(=O)N[C@H](C(=O)N[C@@H](CC(N)=O)C(=O)N[C@@H](C)C(=O)N[C@@H](C)C(=O)N[C@@H](CS)C(=O)N[C@@H](CS)C(=O)O)C(C)C)[C@@H](C)O. The predicted molar refractivity (Wildman–Crippen MR) is 420 cm³/mol. The molecule has 0 aliphatic carbocycles. The van der Waals surface area contributed by atoms with Crippen molar-refractivity contribution in [3.63, 3.8) is 0 Å². The third kappa shape index (κ3) is 33.8. The summed E-state index contributed by atoms with van der Waals surface area (Å²) in [5.41, 5.74) is 18.6. The van der Waals surface area contributed by atoms with Crippen LogP contribution in [0, 0.1) is 5.92 Å². The number of aliphatic hydroxyl groups excluding tert-OH is 3. The number of aliphatic hydroxyl groups is 3. The molecule has 0 bridgehead atoms. The van der Waals surface area contributed by atoms with Gasteiger partial charge in [0.15, 0.2) is 0 Å². The number of nitrogens with zero attached hydrogens (tertiary/aromatic N) is 1. The molecule has 0 aliphatic heterocycles. The van der Waals surface area contributed by atoms with Crippen molar-refractivity contribution in [2.75, 3.05) is 49.0 Å². The first-order chi connectivity index (χ1) is 53.4. The lowest BCUT2D eigenvalue weighted by atomic mass is 10.0. The Labute approximate surface area is 672 Å². The van der Waals surface area contributed by atoms with Gasteiger partial charge in [0.25, 0.3) is 0 Å². The maximum absolute atomic E-state index is 14.5. The number of phenols is 1. The van der Waals surface area contributed by atoms with Crippen LogP contribution in [-0.4, -0.2) is 276 Å². The van der Waals surface area contributed by atoms with Gasteiger partial charge in [0.1, 0.15) is 90.3 Å². The highest BCUT2D eigenvalue weighted by molar-refractivity contribution is 7.98. The van der Waals surface area contributed by atoms with Crippen molar-refractivity contribution in [1.82, 2.24) is 84.4 Å². The number of aromatic nitrogens is 2. The molecule has 40 nitrogen and oxygen atoms in total. The number of primary amides is 1. The molecule has 3 aromatic rings. The van der Waals surface area contributed by atoms with Crippen molar-refractivity contribution in [2.45, 2.75) is 183 Å². The van der Waals surface area contributed by atoms with Gasteiger partial charge in [0.2, 0.25) is 88.6 Å². The zero-order valence-corrected chi connectivity index (χ0v) is 66.5. The van der Waals surface area contributed by atoms with Crippen LogP contribution < -0.4 is 91.6 Å². The third-order valence-corrected chi connectivity index (χ3v) is 18.7. The van der Waals surface area contributed by atoms with Gasteiger partial charge < -0.3 is 122 Å². The van der Waals surface area contributed by atoms with Gasteiger partial charge in [0.05, 0.1) is 38.1 Å². The number of H-pyrrole nitrogens is 1. The molecule has 626 valence electrons. The van der Waals surface area contributed by atoms with E-state index in [1.807, 2.05) is 6.26 Å². The summed E-state index contributed by atoms with van der Waals surface area (Å²) in [5, 5.41) is 84.7. The maximum atomic E-state index is 14.5. The average Bonchev–Trinajstić information content (AvgIpc) is 1.16. The van der Waals surface area contributed by atoms with Crippen LogP contribution in [-0.2, 0) is 96.0 Å². The van der Waals surface area contributed by atoms with Crippen molar-refractivity contribution < 1.29 is 102 Å². The van der Waals surface area contributed by atoms with Gasteiger partial charge in [0, 0.05) is 48.4 Å². The Hall–Kier alpha value is -9.83. The van der Waals surface area contributed by atoms with E-state index in [-0.39, 0.29) is 74.4 Å². The number of hydrogen-bond acceptors (Lipinski definition) is 27. The number of amides is 15. The quantitative estimate of drug-likeness (QED) is 0.0184. The minimum absolute atomic E-state index is 0.0581. The van der Waals surface area contributed by atoms with Gasteiger partial charge in [-0.05, 0) is 94.2 Å². The number of hydrogen-bond donors (Lipinski definition) is 26. The van der Waals surface area contributed by atoms with Gasteiger partial charge in [-0.15, -0.1) is 0 Å². The molecule has 0 radical (unpaired) electrons. The zero-order valence-electron chi connectivity index (χ0n) is 63.0. The lowest BCUT2D eigenvalue weighted by molar-refractivity contribution is -0.141. The number of carboxylic acid groups (broad SMARTS) is 1. The van der Waals surface area contributed by atoms with E-state index < -0.39 is 223 Å². The van der Waals surface area contributed by atoms with Crippen LogP contribution in [0.2, 0.25) is 0 Å². The fourth-order valence-electron chi connectivity index (χ4n) is 10.4. The van der Waals surface area contributed by atoms with E-state index in [0.717, 1.165) is 6.92 Å². The highest BCUT2D eigenvalue weighted by Crippen LogP contribution is 2.15. The van der Waals surface area contributed by atoms with Gasteiger partial charge >= 0.3 is 5.97 Å². The summed E-state index contributed by atoms with van der Waals surface area (Å²) in [6, 6.07) is -9.42. The molecule has 0 aliphatic rings. The Balaban J connectivity index is 1.83. The highest BCUT2D eigenvalue weighted by Gasteiger charge is 2.39. The van der Waals surface area contributed by atoms with E-state index >= 15 is 0 Å². The molecule has 0 spiro atoms. The first-order valence-electron chi connectivity index (χ1n) is 35.7. The summed E-state index contributed by atoms with van der Waals surface area (Å²) in [6.07, 6.45) is 1.56. The number of aliphatic carboxylic acids is 1. The van der Waals surface area contributed by atoms with E-state index in [4.69, 9.17) is 17.2 Å². The number of imidazole rings is 1. The topological polar surface area (TPSA) is 649 Å². The van der Waals surface area contributed by atoms with Crippen LogP contribution in [0.3, 0.4) is 0 Å². The van der Waals surface area contributed by atoms with E-state index in [0.29, 0.717) is 16.9 Å². The molecule has 0 unspecified atom stereocenters. The fraction of sp³-hybridized carbons (Fsp3) is 0.551. The van der Waals surface area contributed by atoms with Crippen LogP contribution in [0.15, 0.2) is 67.1 Å². The van der Waals surface area contributed by atoms with Crippen molar-refractivity contribution in [3.05, 3.63) is 83.9 Å². The highest BCUT2D eigenvalue weighted by atomic mass is 32.2. The Morgan fingerprint density at radius 2 is 0.867 bits per heavy atom. The number of benzene rings is 2. The van der Waals surface area contributed by atoms with Crippen molar-refractivity contribution in [2.24, 2.45) is 23.1 Å². The number of thiol groups is 3. The molecule has 2 aromatic carbocycles. The first kappa shape index (κ1) is 97.4. The molecule has 26 N–H and O–H groups in total. The molecule has 16 atom stereocenters. The number of nitrogens with two attached hydrogens (primary N) is 3. The molecular weight excluding hydrogens is 1560 g/mol. The minimum Gasteiger partial charge on any atom is -0.508 e. The van der Waals surface area contributed by atoms with Crippen molar-refractivity contribution in [1.29, 1.82) is 0 Å². The number of aromatic amines is 1. The van der Waals surface area contributed by atoms with Crippen LogP contribution in [0.1, 0.15) is 83.5 Å². The van der Waals surface area contributed by atoms with Gasteiger partial charge in [-0.3, -0.25) is 71.9 Å². The standard InChI is InChI=1S/C69H105N19O21S4/c1-33(2)53(67(106)81-46(25-52(72)93)59(98)76-34(3)55(94)75-35(4)56(95)84-49(29-110)66(105)86-51(31-112)69(108)109)87-68(107)54(36(5)91)88-64(103)48(28-90)82-58(97)42(14-10-11-20-70)77-62(101)45(24-39-26-73-32-74-39)80-65(104)50(30-111)85-61(100)44(23-38-15-17-40(92)18-16-38)79-63(102)47(27-89)83-60(99)43(22-37-12-8-7-9-13-37)78-57(96)41(71)19-21-113-6/h7-9,12-13,15-18,26,32-36,41-51,53-54,89-92,110-112H,10-11,14,19-25,27-31,70-71H2,1-6H3,(H2,72,93)(H,73,74)(H,75,94)(H,76,98)(H,77,101)(H,78,96)(H,79,102)(H,80,104)(H,81,106)(H,82,97)(H,83,99)(H,84,95)(H,85,100)(H,86,105)(H,87,107)(H,88,103)(H,108,109)/t34-,35-,36+,41-,42-,43-,44-,45-,46-,47-,48-,49-,50-,51-,53-,54-/m0/s1. The third-order valence-electron chi connectivity index (χ3n) is 17.0. The number of aromatic hydroxyl groups is 1. The molecular formula is C69H105N19O21S4. The number of unbranched alkanes of at least 4 members (excludes halogenated alkanes) is 1. The van der Waals surface area contributed by atoms with E-state index in [9.17, 15) is 102 Å². The molecule has 0 saturated heterocycles. The van der Waals surface area contributed by atoms with E-state index in [1.165, 1.54) is 76.2 Å². The summed E-state index contributed by atoms with van der Waals surface area (Å²) < 4.78 is 0. The summed E-state index contributed by atoms with van der Waals surface area (Å²) >= 11 is 13.7. The van der Waals surface area contributed by atoms with Gasteiger partial charge in [-0.2, -0.15) is 49.6 Å². The molecule has 113 heavy (non-hydrogen) atoms. The molecule has 1 heterocycles. The van der Waals surface area contributed by atoms with Gasteiger partial charge in [-0.1, -0.05) is 56.3 Å². The summed E-state index contributed by atoms with van der Waals surface area (Å²) in [7, 11) is 0. The van der Waals surface area contributed by atoms with Crippen LogP contribution in [0.4, 0.5) is 0 Å². The summed E-state index contributed by atoms with van der Waals surface area (Å²) in [4.78, 5) is 224. The maximum Gasteiger partial charge on any atom is 0.327 e. The van der Waals surface area contributed by atoms with Crippen LogP contribution >= 0.6 is 49.6 Å². The van der Waals surface area contributed by atoms with Crippen molar-refractivity contribution >= 4 is 144 Å². The minimum atomic E-state index is -1.97. The number of phenolic OH excluding ortho intramolecular Hbond substituents is 1. The first-order valence-corrected chi connectivity index (χ1v) is 39.0. The van der Waals surface area contributed by atoms with Crippen LogP contribution in [0.25, 0.3) is 0 Å². The monoisotopic (exact) mass is 1660 g/mol. The van der Waals surface area contributed by atoms with Crippen LogP contribution in [0.5, 0.6) is 5.75 Å². The second-order valence-corrected chi connectivity index (χ2v) is 28.5. The number of carboxylic acids is 1. The predicted octanol–water partition coefficient (Wildman–Crippen LogP) is -8.05. The van der Waals surface area contributed by atoms with E-state index in [2.05, 4.69) is 122 Å². The molecule has 1 aromatic heterocycles. The lowest BCUT2D eigenvalue weighted by Crippen LogP contribution is -2.63. The second kappa shape index (κ2) is 50.3. The molecule has 15 amide bonds. The Morgan fingerprint density at radius 3 is 1.34 bits per heavy atom. The number of nitrogens with one attached hydrogen (secondary N) is 15. The largest absolute Gasteiger partial charge is 0.508 e.